The van der Waals surface area contributed by atoms with Gasteiger partial charge in [0.2, 0.25) is 0 Å². The zero-order valence-corrected chi connectivity index (χ0v) is 13.0. The number of aliphatic carboxylic acids is 1. The Bertz CT molecular complexity index is 496. The molecule has 118 valence electrons. The van der Waals surface area contributed by atoms with Crippen molar-refractivity contribution in [2.75, 3.05) is 0 Å². The monoisotopic (exact) mass is 296 g/mol. The maximum atomic E-state index is 11.8. The third-order valence-corrected chi connectivity index (χ3v) is 3.08. The van der Waals surface area contributed by atoms with Gasteiger partial charge in [0, 0.05) is 25.4 Å². The largest absolute Gasteiger partial charge is 0.480 e. The van der Waals surface area contributed by atoms with E-state index in [9.17, 15) is 9.59 Å². The summed E-state index contributed by atoms with van der Waals surface area (Å²) in [7, 11) is 1.83. The van der Waals surface area contributed by atoms with Gasteiger partial charge in [-0.05, 0) is 18.8 Å². The second-order valence-electron chi connectivity index (χ2n) is 5.48. The first-order valence-corrected chi connectivity index (χ1v) is 7.12. The smallest absolute Gasteiger partial charge is 0.326 e. The minimum atomic E-state index is -1.02. The first-order valence-electron chi connectivity index (χ1n) is 7.12. The van der Waals surface area contributed by atoms with E-state index in [1.165, 1.54) is 0 Å². The van der Waals surface area contributed by atoms with Crippen LogP contribution in [0.4, 0.5) is 4.79 Å². The number of hydrogen-bond donors (Lipinski definition) is 3. The average molecular weight is 296 g/mol. The summed E-state index contributed by atoms with van der Waals surface area (Å²) in [5.74, 6) is -0.828. The molecule has 1 atom stereocenters. The second kappa shape index (κ2) is 7.66. The van der Waals surface area contributed by atoms with Crippen LogP contribution in [0.2, 0.25) is 0 Å². The summed E-state index contributed by atoms with van der Waals surface area (Å²) in [4.78, 5) is 22.9. The molecule has 0 aliphatic heterocycles. The number of rotatable bonds is 7. The normalized spacial score (nSPS) is 12.2. The molecular formula is C14H24N4O3. The van der Waals surface area contributed by atoms with E-state index in [0.717, 1.165) is 17.7 Å². The Labute approximate surface area is 124 Å². The molecule has 0 fully saturated rings. The summed E-state index contributed by atoms with van der Waals surface area (Å²) >= 11 is 0. The maximum Gasteiger partial charge on any atom is 0.326 e. The highest BCUT2D eigenvalue weighted by atomic mass is 16.4. The zero-order valence-electron chi connectivity index (χ0n) is 13.0. The lowest BCUT2D eigenvalue weighted by molar-refractivity contribution is -0.139. The van der Waals surface area contributed by atoms with Gasteiger partial charge >= 0.3 is 12.0 Å². The molecule has 7 nitrogen and oxygen atoms in total. The third kappa shape index (κ3) is 5.45. The number of carboxylic acids is 1. The molecule has 0 saturated heterocycles. The molecule has 0 spiro atoms. The number of hydrogen-bond acceptors (Lipinski definition) is 3. The van der Waals surface area contributed by atoms with Crippen LogP contribution in [0.5, 0.6) is 0 Å². The van der Waals surface area contributed by atoms with Gasteiger partial charge in [-0.25, -0.2) is 9.59 Å². The Morgan fingerprint density at radius 2 is 2.10 bits per heavy atom. The number of aryl methyl sites for hydroxylation is 2. The molecule has 0 radical (unpaired) electrons. The molecule has 3 N–H and O–H groups in total. The lowest BCUT2D eigenvalue weighted by atomic mass is 10.0. The summed E-state index contributed by atoms with van der Waals surface area (Å²) in [5.41, 5.74) is 1.86. The molecule has 2 amide bonds. The van der Waals surface area contributed by atoms with Crippen LogP contribution < -0.4 is 10.6 Å². The number of carbonyl (C=O) groups is 2. The molecule has 0 unspecified atom stereocenters. The molecule has 1 rings (SSSR count). The van der Waals surface area contributed by atoms with Gasteiger partial charge in [-0.15, -0.1) is 0 Å². The van der Waals surface area contributed by atoms with Gasteiger partial charge in [0.25, 0.3) is 0 Å². The first kappa shape index (κ1) is 17.0. The third-order valence-electron chi connectivity index (χ3n) is 3.08. The minimum Gasteiger partial charge on any atom is -0.480 e. The fourth-order valence-electron chi connectivity index (χ4n) is 2.11. The van der Waals surface area contributed by atoms with Gasteiger partial charge in [0.1, 0.15) is 6.04 Å². The van der Waals surface area contributed by atoms with Crippen molar-refractivity contribution in [2.45, 2.75) is 46.2 Å². The molecular weight excluding hydrogens is 272 g/mol. The van der Waals surface area contributed by atoms with Crippen LogP contribution in [0, 0.1) is 5.92 Å². The van der Waals surface area contributed by atoms with Crippen molar-refractivity contribution in [1.29, 1.82) is 0 Å². The summed E-state index contributed by atoms with van der Waals surface area (Å²) in [6, 6.07) is -1.35. The number of nitrogens with one attached hydrogen (secondary N) is 2. The standard InChI is InChI=1S/C14H24N4O3/c1-5-11-10(8-18(4)17-11)7-15-14(21)16-12(13(19)20)6-9(2)3/h8-9,12H,5-7H2,1-4H3,(H,19,20)(H2,15,16,21)/t12-/m1/s1. The SMILES string of the molecule is CCc1nn(C)cc1CNC(=O)N[C@H](CC(C)C)C(=O)O. The Balaban J connectivity index is 2.54. The van der Waals surface area contributed by atoms with E-state index < -0.39 is 18.0 Å². The number of carboxylic acid groups (broad SMARTS) is 1. The molecule has 0 aromatic carbocycles. The minimum absolute atomic E-state index is 0.191. The van der Waals surface area contributed by atoms with Gasteiger partial charge < -0.3 is 15.7 Å². The molecule has 1 aromatic heterocycles. The van der Waals surface area contributed by atoms with E-state index in [2.05, 4.69) is 15.7 Å². The van der Waals surface area contributed by atoms with Crippen molar-refractivity contribution in [1.82, 2.24) is 20.4 Å². The highest BCUT2D eigenvalue weighted by molar-refractivity contribution is 5.82. The molecule has 21 heavy (non-hydrogen) atoms. The van der Waals surface area contributed by atoms with Crippen LogP contribution in [0.25, 0.3) is 0 Å². The highest BCUT2D eigenvalue weighted by Gasteiger charge is 2.21. The summed E-state index contributed by atoms with van der Waals surface area (Å²) < 4.78 is 1.70. The molecule has 1 aromatic rings. The predicted octanol–water partition coefficient (Wildman–Crippen LogP) is 1.28. The summed E-state index contributed by atoms with van der Waals surface area (Å²) in [6.45, 7) is 6.16. The Kier molecular flexibility index (Phi) is 6.20. The van der Waals surface area contributed by atoms with E-state index >= 15 is 0 Å². The van der Waals surface area contributed by atoms with E-state index in [1.54, 1.807) is 4.68 Å². The van der Waals surface area contributed by atoms with Crippen molar-refractivity contribution in [3.05, 3.63) is 17.5 Å². The van der Waals surface area contributed by atoms with Crippen molar-refractivity contribution in [3.63, 3.8) is 0 Å². The lowest BCUT2D eigenvalue weighted by Crippen LogP contribution is -2.46. The molecule has 0 bridgehead atoms. The van der Waals surface area contributed by atoms with Crippen molar-refractivity contribution in [3.8, 4) is 0 Å². The number of urea groups is 1. The topological polar surface area (TPSA) is 96.3 Å². The van der Waals surface area contributed by atoms with Crippen molar-refractivity contribution < 1.29 is 14.7 Å². The number of nitrogens with zero attached hydrogens (tertiary/aromatic N) is 2. The number of amides is 2. The van der Waals surface area contributed by atoms with E-state index in [4.69, 9.17) is 5.11 Å². The Morgan fingerprint density at radius 3 is 2.62 bits per heavy atom. The molecule has 1 heterocycles. The molecule has 0 aliphatic rings. The fourth-order valence-corrected chi connectivity index (χ4v) is 2.11. The first-order chi connectivity index (χ1) is 9.83. The fraction of sp³-hybridized carbons (Fsp3) is 0.643. The zero-order chi connectivity index (χ0) is 16.0. The lowest BCUT2D eigenvalue weighted by Gasteiger charge is -2.16. The van der Waals surface area contributed by atoms with Crippen LogP contribution in [-0.2, 0) is 24.8 Å². The van der Waals surface area contributed by atoms with Crippen LogP contribution in [0.3, 0.4) is 0 Å². The van der Waals surface area contributed by atoms with E-state index in [0.29, 0.717) is 13.0 Å². The van der Waals surface area contributed by atoms with Gasteiger partial charge in [0.15, 0.2) is 0 Å². The summed E-state index contributed by atoms with van der Waals surface area (Å²) in [6.07, 6.45) is 3.03. The van der Waals surface area contributed by atoms with Crippen LogP contribution in [0.1, 0.15) is 38.4 Å². The van der Waals surface area contributed by atoms with Crippen LogP contribution >= 0.6 is 0 Å². The molecule has 0 saturated carbocycles. The Hall–Kier alpha value is -2.05. The average Bonchev–Trinajstić information content (AvgIpc) is 2.75. The van der Waals surface area contributed by atoms with Gasteiger partial charge in [-0.3, -0.25) is 4.68 Å². The maximum absolute atomic E-state index is 11.8. The van der Waals surface area contributed by atoms with Gasteiger partial charge in [-0.1, -0.05) is 20.8 Å². The van der Waals surface area contributed by atoms with Crippen LogP contribution in [-0.4, -0.2) is 32.9 Å². The molecule has 7 heteroatoms. The number of aromatic nitrogens is 2. The second-order valence-corrected chi connectivity index (χ2v) is 5.48. The van der Waals surface area contributed by atoms with Crippen molar-refractivity contribution >= 4 is 12.0 Å². The Morgan fingerprint density at radius 1 is 1.43 bits per heavy atom. The quantitative estimate of drug-likeness (QED) is 0.706. The molecule has 0 aliphatic carbocycles. The highest BCUT2D eigenvalue weighted by Crippen LogP contribution is 2.07. The van der Waals surface area contributed by atoms with E-state index in [1.807, 2.05) is 34.0 Å². The van der Waals surface area contributed by atoms with Crippen molar-refractivity contribution in [2.24, 2.45) is 13.0 Å². The van der Waals surface area contributed by atoms with E-state index in [-0.39, 0.29) is 5.92 Å². The van der Waals surface area contributed by atoms with Gasteiger partial charge in [-0.2, -0.15) is 5.10 Å². The number of carbonyl (C=O) groups excluding carboxylic acids is 1. The predicted molar refractivity (Wildman–Crippen MR) is 78.8 cm³/mol. The summed E-state index contributed by atoms with van der Waals surface area (Å²) in [5, 5.41) is 18.5. The van der Waals surface area contributed by atoms with Crippen LogP contribution in [0.15, 0.2) is 6.20 Å². The van der Waals surface area contributed by atoms with Gasteiger partial charge in [0.05, 0.1) is 5.69 Å².